The summed E-state index contributed by atoms with van der Waals surface area (Å²) >= 11 is 0. The lowest BCUT2D eigenvalue weighted by Crippen LogP contribution is -2.31. The van der Waals surface area contributed by atoms with E-state index >= 15 is 0 Å². The van der Waals surface area contributed by atoms with Crippen molar-refractivity contribution < 1.29 is 14.3 Å². The standard InChI is InChI=1S/C28H27N5O3/c1-17-9-7-8-12-21(17)27-31-28-30-18(2)24(26(29)34)25(33(28)32-27)20-13-14-22(23(15-20)35-3)36-16-19-10-5-4-6-11-19/h4-15,25H,16H2,1-3H3,(H2,29,34)(H,30,31,32). The first kappa shape index (κ1) is 23.2. The smallest absolute Gasteiger partial charge is 0.248 e. The molecule has 1 aromatic heterocycles. The van der Waals surface area contributed by atoms with Crippen molar-refractivity contribution in [3.8, 4) is 22.9 Å². The van der Waals surface area contributed by atoms with E-state index in [9.17, 15) is 4.79 Å². The number of nitrogens with one attached hydrogen (secondary N) is 1. The van der Waals surface area contributed by atoms with Gasteiger partial charge in [-0.05, 0) is 42.7 Å². The molecule has 0 fully saturated rings. The molecule has 1 unspecified atom stereocenters. The van der Waals surface area contributed by atoms with Crippen LogP contribution in [0.2, 0.25) is 0 Å². The molecule has 0 bridgehead atoms. The number of carbonyl (C=O) groups excluding carboxylic acids is 1. The fourth-order valence-corrected chi connectivity index (χ4v) is 4.43. The average Bonchev–Trinajstić information content (AvgIpc) is 3.30. The highest BCUT2D eigenvalue weighted by atomic mass is 16.5. The fraction of sp³-hybridized carbons (Fsp3) is 0.179. The molecule has 8 heteroatoms. The van der Waals surface area contributed by atoms with Crippen LogP contribution in [0.4, 0.5) is 5.95 Å². The molecule has 0 aliphatic carbocycles. The predicted molar refractivity (Wildman–Crippen MR) is 138 cm³/mol. The van der Waals surface area contributed by atoms with E-state index in [1.165, 1.54) is 0 Å². The number of hydrogen-bond acceptors (Lipinski definition) is 6. The Morgan fingerprint density at radius 2 is 1.78 bits per heavy atom. The van der Waals surface area contributed by atoms with Crippen molar-refractivity contribution in [2.45, 2.75) is 26.5 Å². The lowest BCUT2D eigenvalue weighted by molar-refractivity contribution is -0.115. The van der Waals surface area contributed by atoms with E-state index in [1.54, 1.807) is 11.8 Å². The molecule has 8 nitrogen and oxygen atoms in total. The van der Waals surface area contributed by atoms with Gasteiger partial charge in [-0.25, -0.2) is 4.68 Å². The van der Waals surface area contributed by atoms with Crippen molar-refractivity contribution in [1.29, 1.82) is 0 Å². The van der Waals surface area contributed by atoms with E-state index < -0.39 is 11.9 Å². The van der Waals surface area contributed by atoms with Crippen molar-refractivity contribution in [1.82, 2.24) is 14.8 Å². The molecule has 36 heavy (non-hydrogen) atoms. The van der Waals surface area contributed by atoms with Crippen LogP contribution in [-0.4, -0.2) is 27.8 Å². The minimum Gasteiger partial charge on any atom is -0.493 e. The number of nitrogens with two attached hydrogens (primary N) is 1. The summed E-state index contributed by atoms with van der Waals surface area (Å²) in [5.74, 6) is 1.70. The number of fused-ring (bicyclic) bond motifs is 1. The van der Waals surface area contributed by atoms with Gasteiger partial charge in [0.15, 0.2) is 17.3 Å². The van der Waals surface area contributed by atoms with Gasteiger partial charge in [0.25, 0.3) is 0 Å². The van der Waals surface area contributed by atoms with Gasteiger partial charge in [-0.2, -0.15) is 4.98 Å². The average molecular weight is 482 g/mol. The minimum absolute atomic E-state index is 0.405. The molecule has 1 aliphatic rings. The van der Waals surface area contributed by atoms with Gasteiger partial charge in [0.05, 0.1) is 12.7 Å². The molecule has 0 spiro atoms. The number of aryl methyl sites for hydroxylation is 1. The molecular formula is C28H27N5O3. The first-order chi connectivity index (χ1) is 17.5. The molecule has 0 saturated heterocycles. The Kier molecular flexibility index (Phi) is 6.16. The Hall–Kier alpha value is -4.59. The molecule has 2 heterocycles. The number of methoxy groups -OCH3 is 1. The van der Waals surface area contributed by atoms with Crippen molar-refractivity contribution in [2.75, 3.05) is 12.4 Å². The largest absolute Gasteiger partial charge is 0.493 e. The topological polar surface area (TPSA) is 104 Å². The van der Waals surface area contributed by atoms with Crippen molar-refractivity contribution in [2.24, 2.45) is 5.73 Å². The lowest BCUT2D eigenvalue weighted by atomic mass is 9.95. The third-order valence-corrected chi connectivity index (χ3v) is 6.24. The summed E-state index contributed by atoms with van der Waals surface area (Å²) in [6, 6.07) is 22.8. The highest BCUT2D eigenvalue weighted by Gasteiger charge is 2.34. The number of primary amides is 1. The number of benzene rings is 3. The number of nitrogens with zero attached hydrogens (tertiary/aromatic N) is 3. The van der Waals surface area contributed by atoms with Crippen molar-refractivity contribution in [3.63, 3.8) is 0 Å². The number of allylic oxidation sites excluding steroid dienone is 1. The summed E-state index contributed by atoms with van der Waals surface area (Å²) in [4.78, 5) is 17.3. The number of aromatic nitrogens is 3. The monoisotopic (exact) mass is 481 g/mol. The van der Waals surface area contributed by atoms with Crippen LogP contribution >= 0.6 is 0 Å². The van der Waals surface area contributed by atoms with Crippen molar-refractivity contribution in [3.05, 3.63) is 101 Å². The number of hydrogen-bond donors (Lipinski definition) is 2. The van der Waals surface area contributed by atoms with Gasteiger partial charge in [-0.15, -0.1) is 5.10 Å². The van der Waals surface area contributed by atoms with Crippen LogP contribution in [-0.2, 0) is 11.4 Å². The van der Waals surface area contributed by atoms with Crippen molar-refractivity contribution >= 4 is 11.9 Å². The Morgan fingerprint density at radius 1 is 1.03 bits per heavy atom. The third kappa shape index (κ3) is 4.29. The maximum Gasteiger partial charge on any atom is 0.248 e. The van der Waals surface area contributed by atoms with Crippen LogP contribution in [0.1, 0.15) is 29.7 Å². The fourth-order valence-electron chi connectivity index (χ4n) is 4.43. The summed E-state index contributed by atoms with van der Waals surface area (Å²) in [7, 11) is 1.59. The summed E-state index contributed by atoms with van der Waals surface area (Å²) in [6.07, 6.45) is 0. The van der Waals surface area contributed by atoms with Crippen LogP contribution in [0.25, 0.3) is 11.4 Å². The molecule has 182 valence electrons. The summed E-state index contributed by atoms with van der Waals surface area (Å²) in [5, 5.41) is 7.98. The number of ether oxygens (including phenoxy) is 2. The molecule has 1 amide bonds. The first-order valence-electron chi connectivity index (χ1n) is 11.6. The maximum absolute atomic E-state index is 12.6. The third-order valence-electron chi connectivity index (χ3n) is 6.24. The van der Waals surface area contributed by atoms with E-state index in [0.717, 1.165) is 22.3 Å². The Bertz CT molecular complexity index is 1460. The van der Waals surface area contributed by atoms with Gasteiger partial charge in [0, 0.05) is 11.3 Å². The zero-order valence-corrected chi connectivity index (χ0v) is 20.4. The number of rotatable bonds is 7. The van der Waals surface area contributed by atoms with Gasteiger partial charge in [0.2, 0.25) is 11.9 Å². The van der Waals surface area contributed by atoms with Gasteiger partial charge in [-0.3, -0.25) is 4.79 Å². The van der Waals surface area contributed by atoms with Gasteiger partial charge >= 0.3 is 0 Å². The van der Waals surface area contributed by atoms with Gasteiger partial charge in [-0.1, -0.05) is 60.7 Å². The zero-order chi connectivity index (χ0) is 25.2. The quantitative estimate of drug-likeness (QED) is 0.399. The zero-order valence-electron chi connectivity index (χ0n) is 20.4. The Balaban J connectivity index is 1.55. The predicted octanol–water partition coefficient (Wildman–Crippen LogP) is 4.62. The van der Waals surface area contributed by atoms with Crippen LogP contribution in [0.15, 0.2) is 84.1 Å². The van der Waals surface area contributed by atoms with E-state index in [-0.39, 0.29) is 0 Å². The summed E-state index contributed by atoms with van der Waals surface area (Å²) in [5.41, 5.74) is 10.7. The second-order valence-electron chi connectivity index (χ2n) is 8.63. The van der Waals surface area contributed by atoms with E-state index in [0.29, 0.717) is 41.1 Å². The minimum atomic E-state index is -0.582. The highest BCUT2D eigenvalue weighted by Crippen LogP contribution is 2.39. The van der Waals surface area contributed by atoms with Crippen LogP contribution in [0.5, 0.6) is 11.5 Å². The maximum atomic E-state index is 12.6. The molecule has 4 aromatic rings. The molecule has 5 rings (SSSR count). The van der Waals surface area contributed by atoms with Gasteiger partial charge in [0.1, 0.15) is 12.6 Å². The second-order valence-corrected chi connectivity index (χ2v) is 8.63. The van der Waals surface area contributed by atoms with Crippen LogP contribution in [0.3, 0.4) is 0 Å². The summed E-state index contributed by atoms with van der Waals surface area (Å²) in [6.45, 7) is 4.23. The molecular weight excluding hydrogens is 454 g/mol. The highest BCUT2D eigenvalue weighted by molar-refractivity contribution is 5.95. The molecule has 3 N–H and O–H groups in total. The van der Waals surface area contributed by atoms with E-state index in [1.807, 2.05) is 86.6 Å². The van der Waals surface area contributed by atoms with Gasteiger partial charge < -0.3 is 20.5 Å². The van der Waals surface area contributed by atoms with Crippen LogP contribution < -0.4 is 20.5 Å². The Morgan fingerprint density at radius 3 is 2.50 bits per heavy atom. The Labute approximate surface area is 209 Å². The molecule has 1 atom stereocenters. The SMILES string of the molecule is COc1cc(C2C(C(N)=O)=C(C)Nc3nc(-c4ccccc4C)nn32)ccc1OCc1ccccc1. The summed E-state index contributed by atoms with van der Waals surface area (Å²) < 4.78 is 13.4. The number of amides is 1. The van der Waals surface area contributed by atoms with E-state index in [2.05, 4.69) is 5.32 Å². The van der Waals surface area contributed by atoms with E-state index in [4.69, 9.17) is 25.3 Å². The first-order valence-corrected chi connectivity index (χ1v) is 11.6. The molecule has 3 aromatic carbocycles. The van der Waals surface area contributed by atoms with Crippen LogP contribution in [0, 0.1) is 6.92 Å². The molecule has 0 saturated carbocycles. The number of carbonyl (C=O) groups is 1. The molecule has 1 aliphatic heterocycles. The second kappa shape index (κ2) is 9.58. The number of anilines is 1. The lowest BCUT2D eigenvalue weighted by Gasteiger charge is -2.28. The molecule has 0 radical (unpaired) electrons. The normalized spacial score (nSPS) is 14.7.